The molecule has 2 aromatic rings. The summed E-state index contributed by atoms with van der Waals surface area (Å²) in [4.78, 5) is 6.85. The molecule has 1 aliphatic heterocycles. The average molecular weight is 361 g/mol. The van der Waals surface area contributed by atoms with Crippen molar-refractivity contribution in [3.05, 3.63) is 58.7 Å². The van der Waals surface area contributed by atoms with Crippen LogP contribution in [0.1, 0.15) is 24.4 Å². The lowest BCUT2D eigenvalue weighted by atomic mass is 9.86. The minimum absolute atomic E-state index is 0.326. The zero-order valence-electron chi connectivity index (χ0n) is 12.8. The molecule has 0 amide bonds. The van der Waals surface area contributed by atoms with E-state index >= 15 is 0 Å². The summed E-state index contributed by atoms with van der Waals surface area (Å²) in [7, 11) is 2.14. The SMILES string of the molecule is CN(c1cc(Br)ccn1)C(c1ccccc1)C1CCOCC1. The highest BCUT2D eigenvalue weighted by Gasteiger charge is 2.29. The predicted octanol–water partition coefficient (Wildman–Crippen LogP) is 4.45. The van der Waals surface area contributed by atoms with Crippen LogP contribution < -0.4 is 4.90 Å². The summed E-state index contributed by atoms with van der Waals surface area (Å²) in [5.74, 6) is 1.58. The molecule has 1 aromatic heterocycles. The third kappa shape index (κ3) is 3.50. The highest BCUT2D eigenvalue weighted by Crippen LogP contribution is 2.36. The summed E-state index contributed by atoms with van der Waals surface area (Å²) in [5, 5.41) is 0. The third-order valence-electron chi connectivity index (χ3n) is 4.34. The Labute approximate surface area is 140 Å². The zero-order valence-corrected chi connectivity index (χ0v) is 14.4. The van der Waals surface area contributed by atoms with Gasteiger partial charge in [-0.15, -0.1) is 0 Å². The Morgan fingerprint density at radius 2 is 1.91 bits per heavy atom. The molecule has 3 rings (SSSR count). The first kappa shape index (κ1) is 15.5. The van der Waals surface area contributed by atoms with Crippen molar-refractivity contribution in [2.24, 2.45) is 5.92 Å². The molecule has 4 heteroatoms. The first-order valence-electron chi connectivity index (χ1n) is 7.73. The highest BCUT2D eigenvalue weighted by atomic mass is 79.9. The smallest absolute Gasteiger partial charge is 0.129 e. The largest absolute Gasteiger partial charge is 0.381 e. The summed E-state index contributed by atoms with van der Waals surface area (Å²) in [6.45, 7) is 1.71. The van der Waals surface area contributed by atoms with Crippen LogP contribution >= 0.6 is 15.9 Å². The second-order valence-corrected chi connectivity index (χ2v) is 6.66. The molecule has 1 fully saturated rings. The van der Waals surface area contributed by atoms with E-state index in [1.54, 1.807) is 0 Å². The fourth-order valence-corrected chi connectivity index (χ4v) is 3.55. The van der Waals surface area contributed by atoms with Gasteiger partial charge in [0.05, 0.1) is 6.04 Å². The maximum absolute atomic E-state index is 5.55. The molecular formula is C18H21BrN2O. The molecular weight excluding hydrogens is 340 g/mol. The van der Waals surface area contributed by atoms with Crippen LogP contribution in [-0.2, 0) is 4.74 Å². The van der Waals surface area contributed by atoms with Gasteiger partial charge < -0.3 is 9.64 Å². The van der Waals surface area contributed by atoms with Gasteiger partial charge in [0.15, 0.2) is 0 Å². The van der Waals surface area contributed by atoms with Gasteiger partial charge >= 0.3 is 0 Å². The number of hydrogen-bond donors (Lipinski definition) is 0. The summed E-state index contributed by atoms with van der Waals surface area (Å²) in [5.41, 5.74) is 1.35. The summed E-state index contributed by atoms with van der Waals surface area (Å²) in [6.07, 6.45) is 4.04. The molecule has 0 radical (unpaired) electrons. The Morgan fingerprint density at radius 3 is 2.59 bits per heavy atom. The highest BCUT2D eigenvalue weighted by molar-refractivity contribution is 9.10. The molecule has 2 heterocycles. The number of hydrogen-bond acceptors (Lipinski definition) is 3. The van der Waals surface area contributed by atoms with Crippen LogP contribution in [0.4, 0.5) is 5.82 Å². The summed E-state index contributed by atoms with van der Waals surface area (Å²) in [6, 6.07) is 15.1. The predicted molar refractivity (Wildman–Crippen MR) is 93.1 cm³/mol. The Bertz CT molecular complexity index is 599. The van der Waals surface area contributed by atoms with E-state index in [-0.39, 0.29) is 0 Å². The van der Waals surface area contributed by atoms with Crippen molar-refractivity contribution in [2.45, 2.75) is 18.9 Å². The molecule has 0 saturated carbocycles. The number of pyridine rings is 1. The second-order valence-electron chi connectivity index (χ2n) is 5.75. The van der Waals surface area contributed by atoms with Crippen molar-refractivity contribution < 1.29 is 4.74 Å². The van der Waals surface area contributed by atoms with Gasteiger partial charge in [-0.3, -0.25) is 0 Å². The molecule has 22 heavy (non-hydrogen) atoms. The maximum Gasteiger partial charge on any atom is 0.129 e. The van der Waals surface area contributed by atoms with Crippen LogP contribution in [0.15, 0.2) is 53.1 Å². The van der Waals surface area contributed by atoms with E-state index in [1.165, 1.54) is 5.56 Å². The number of benzene rings is 1. The van der Waals surface area contributed by atoms with Gasteiger partial charge in [-0.2, -0.15) is 0 Å². The van der Waals surface area contributed by atoms with Crippen molar-refractivity contribution in [1.29, 1.82) is 0 Å². The normalized spacial score (nSPS) is 17.2. The standard InChI is InChI=1S/C18H21BrN2O/c1-21(17-13-16(19)7-10-20-17)18(14-5-3-2-4-6-14)15-8-11-22-12-9-15/h2-7,10,13,15,18H,8-9,11-12H2,1H3. The van der Waals surface area contributed by atoms with Crippen LogP contribution in [0.25, 0.3) is 0 Å². The molecule has 1 saturated heterocycles. The van der Waals surface area contributed by atoms with Gasteiger partial charge in [-0.1, -0.05) is 46.3 Å². The van der Waals surface area contributed by atoms with Crippen LogP contribution in [0.5, 0.6) is 0 Å². The Morgan fingerprint density at radius 1 is 1.18 bits per heavy atom. The number of rotatable bonds is 4. The Balaban J connectivity index is 1.93. The van der Waals surface area contributed by atoms with E-state index in [9.17, 15) is 0 Å². The minimum Gasteiger partial charge on any atom is -0.381 e. The first-order chi connectivity index (χ1) is 10.8. The van der Waals surface area contributed by atoms with Gasteiger partial charge in [0, 0.05) is 30.9 Å². The molecule has 1 atom stereocenters. The topological polar surface area (TPSA) is 25.4 Å². The summed E-state index contributed by atoms with van der Waals surface area (Å²) >= 11 is 3.55. The maximum atomic E-state index is 5.55. The molecule has 1 aromatic carbocycles. The number of halogens is 1. The van der Waals surface area contributed by atoms with Crippen molar-refractivity contribution >= 4 is 21.7 Å². The molecule has 1 aliphatic rings. The second kappa shape index (κ2) is 7.25. The number of nitrogens with zero attached hydrogens (tertiary/aromatic N) is 2. The third-order valence-corrected chi connectivity index (χ3v) is 4.83. The van der Waals surface area contributed by atoms with Crippen LogP contribution in [0.3, 0.4) is 0 Å². The van der Waals surface area contributed by atoms with Crippen molar-refractivity contribution in [3.63, 3.8) is 0 Å². The van der Waals surface area contributed by atoms with Crippen molar-refractivity contribution in [1.82, 2.24) is 4.98 Å². The number of ether oxygens (including phenoxy) is 1. The van der Waals surface area contributed by atoms with E-state index in [4.69, 9.17) is 4.74 Å². The van der Waals surface area contributed by atoms with Crippen LogP contribution in [-0.4, -0.2) is 25.2 Å². The van der Waals surface area contributed by atoms with E-state index in [0.717, 1.165) is 36.3 Å². The van der Waals surface area contributed by atoms with E-state index in [1.807, 2.05) is 12.3 Å². The molecule has 1 unspecified atom stereocenters. The zero-order chi connectivity index (χ0) is 15.4. The van der Waals surface area contributed by atoms with E-state index < -0.39 is 0 Å². The lowest BCUT2D eigenvalue weighted by Gasteiger charge is -2.37. The van der Waals surface area contributed by atoms with Gasteiger partial charge in [-0.05, 0) is 36.5 Å². The van der Waals surface area contributed by atoms with Gasteiger partial charge in [-0.25, -0.2) is 4.98 Å². The molecule has 0 aliphatic carbocycles. The average Bonchev–Trinajstić information content (AvgIpc) is 2.57. The summed E-state index contributed by atoms with van der Waals surface area (Å²) < 4.78 is 6.61. The number of aromatic nitrogens is 1. The molecule has 0 spiro atoms. The molecule has 0 bridgehead atoms. The fraction of sp³-hybridized carbons (Fsp3) is 0.389. The fourth-order valence-electron chi connectivity index (χ4n) is 3.22. The van der Waals surface area contributed by atoms with Gasteiger partial charge in [0.1, 0.15) is 5.82 Å². The lowest BCUT2D eigenvalue weighted by Crippen LogP contribution is -2.34. The van der Waals surface area contributed by atoms with Crippen LogP contribution in [0, 0.1) is 5.92 Å². The van der Waals surface area contributed by atoms with Crippen molar-refractivity contribution in [2.75, 3.05) is 25.2 Å². The molecule has 0 N–H and O–H groups in total. The Kier molecular flexibility index (Phi) is 5.11. The Hall–Kier alpha value is -1.39. The van der Waals surface area contributed by atoms with Crippen LogP contribution in [0.2, 0.25) is 0 Å². The van der Waals surface area contributed by atoms with Gasteiger partial charge in [0.2, 0.25) is 0 Å². The number of anilines is 1. The monoisotopic (exact) mass is 360 g/mol. The van der Waals surface area contributed by atoms with E-state index in [2.05, 4.69) is 69.3 Å². The first-order valence-corrected chi connectivity index (χ1v) is 8.52. The molecule has 116 valence electrons. The molecule has 3 nitrogen and oxygen atoms in total. The van der Waals surface area contributed by atoms with E-state index in [0.29, 0.717) is 12.0 Å². The van der Waals surface area contributed by atoms with Gasteiger partial charge in [0.25, 0.3) is 0 Å². The quantitative estimate of drug-likeness (QED) is 0.805. The van der Waals surface area contributed by atoms with Crippen molar-refractivity contribution in [3.8, 4) is 0 Å². The minimum atomic E-state index is 0.326. The lowest BCUT2D eigenvalue weighted by molar-refractivity contribution is 0.0577.